The molecule has 32 heavy (non-hydrogen) atoms. The Hall–Kier alpha value is -3.57. The van der Waals surface area contributed by atoms with Gasteiger partial charge in [-0.25, -0.2) is 0 Å². The summed E-state index contributed by atoms with van der Waals surface area (Å²) in [5.74, 6) is 2.46. The lowest BCUT2D eigenvalue weighted by molar-refractivity contribution is 0.414. The van der Waals surface area contributed by atoms with E-state index in [4.69, 9.17) is 4.74 Å². The first-order chi connectivity index (χ1) is 15.7. The molecular formula is C27H23N3OS. The Balaban J connectivity index is 1.54. The molecule has 0 saturated carbocycles. The molecule has 0 radical (unpaired) electrons. The number of rotatable bonds is 6. The van der Waals surface area contributed by atoms with Crippen molar-refractivity contribution < 1.29 is 4.74 Å². The Labute approximate surface area is 191 Å². The van der Waals surface area contributed by atoms with Gasteiger partial charge < -0.3 is 4.74 Å². The molecule has 0 atom stereocenters. The van der Waals surface area contributed by atoms with E-state index < -0.39 is 0 Å². The number of hydrogen-bond acceptors (Lipinski definition) is 4. The van der Waals surface area contributed by atoms with E-state index in [2.05, 4.69) is 88.4 Å². The van der Waals surface area contributed by atoms with Gasteiger partial charge in [0.1, 0.15) is 5.75 Å². The molecule has 0 aliphatic rings. The third-order valence-electron chi connectivity index (χ3n) is 5.51. The highest BCUT2D eigenvalue weighted by Crippen LogP contribution is 2.32. The Morgan fingerprint density at radius 1 is 0.812 bits per heavy atom. The van der Waals surface area contributed by atoms with E-state index in [0.717, 1.165) is 33.7 Å². The first kappa shape index (κ1) is 20.3. The third-order valence-corrected chi connectivity index (χ3v) is 6.49. The summed E-state index contributed by atoms with van der Waals surface area (Å²) in [4.78, 5) is 0. The van der Waals surface area contributed by atoms with E-state index >= 15 is 0 Å². The van der Waals surface area contributed by atoms with Crippen molar-refractivity contribution >= 4 is 22.5 Å². The summed E-state index contributed by atoms with van der Waals surface area (Å²) in [7, 11) is 1.68. The van der Waals surface area contributed by atoms with E-state index in [1.54, 1.807) is 18.9 Å². The minimum atomic E-state index is 0.809. The summed E-state index contributed by atoms with van der Waals surface area (Å²) >= 11 is 1.70. The number of ether oxygens (including phenoxy) is 1. The van der Waals surface area contributed by atoms with Gasteiger partial charge in [0.05, 0.1) is 7.11 Å². The molecule has 0 fully saturated rings. The maximum Gasteiger partial charge on any atom is 0.196 e. The van der Waals surface area contributed by atoms with Gasteiger partial charge >= 0.3 is 0 Å². The fraction of sp³-hybridized carbons (Fsp3) is 0.111. The summed E-state index contributed by atoms with van der Waals surface area (Å²) < 4.78 is 7.47. The molecule has 0 aliphatic heterocycles. The third kappa shape index (κ3) is 3.99. The van der Waals surface area contributed by atoms with E-state index in [1.807, 2.05) is 24.3 Å². The summed E-state index contributed by atoms with van der Waals surface area (Å²) in [6.07, 6.45) is 0. The van der Waals surface area contributed by atoms with Crippen molar-refractivity contribution in [3.63, 3.8) is 0 Å². The van der Waals surface area contributed by atoms with E-state index in [1.165, 1.54) is 21.9 Å². The zero-order chi connectivity index (χ0) is 21.9. The average Bonchev–Trinajstić information content (AvgIpc) is 3.27. The molecule has 0 aliphatic carbocycles. The van der Waals surface area contributed by atoms with Crippen LogP contribution in [0.25, 0.3) is 27.8 Å². The zero-order valence-corrected chi connectivity index (χ0v) is 18.8. The van der Waals surface area contributed by atoms with Crippen LogP contribution in [0.5, 0.6) is 5.75 Å². The van der Waals surface area contributed by atoms with Crippen LogP contribution >= 0.6 is 11.8 Å². The van der Waals surface area contributed by atoms with Gasteiger partial charge in [0.15, 0.2) is 11.0 Å². The molecule has 4 aromatic carbocycles. The smallest absolute Gasteiger partial charge is 0.196 e. The lowest BCUT2D eigenvalue weighted by atomic mass is 10.1. The molecule has 0 spiro atoms. The van der Waals surface area contributed by atoms with E-state index in [-0.39, 0.29) is 0 Å². The summed E-state index contributed by atoms with van der Waals surface area (Å²) in [6, 6.07) is 31.4. The van der Waals surface area contributed by atoms with Gasteiger partial charge in [-0.1, -0.05) is 84.1 Å². The van der Waals surface area contributed by atoms with Gasteiger partial charge in [-0.15, -0.1) is 10.2 Å². The molecule has 0 saturated heterocycles. The lowest BCUT2D eigenvalue weighted by Gasteiger charge is -2.12. The average molecular weight is 438 g/mol. The molecule has 0 amide bonds. The Bertz CT molecular complexity index is 1350. The fourth-order valence-electron chi connectivity index (χ4n) is 3.78. The number of methoxy groups -OCH3 is 1. The van der Waals surface area contributed by atoms with Crippen LogP contribution in [0, 0.1) is 6.92 Å². The standard InChI is InChI=1S/C27H23N3OS/c1-19-10-12-21(13-11-19)26-28-29-27(30(26)23-14-16-24(31-2)17-15-23)32-18-22-8-5-7-20-6-3-4-9-25(20)22/h3-17H,18H2,1-2H3. The van der Waals surface area contributed by atoms with Gasteiger partial charge in [0.25, 0.3) is 0 Å². The highest BCUT2D eigenvalue weighted by atomic mass is 32.2. The van der Waals surface area contributed by atoms with Gasteiger partial charge in [0, 0.05) is 17.0 Å². The number of nitrogens with zero attached hydrogens (tertiary/aromatic N) is 3. The number of hydrogen-bond donors (Lipinski definition) is 0. The van der Waals surface area contributed by atoms with E-state index in [9.17, 15) is 0 Å². The predicted octanol–water partition coefficient (Wildman–Crippen LogP) is 6.70. The van der Waals surface area contributed by atoms with Crippen LogP contribution in [0.4, 0.5) is 0 Å². The maximum atomic E-state index is 5.35. The first-order valence-corrected chi connectivity index (χ1v) is 11.5. The van der Waals surface area contributed by atoms with Crippen LogP contribution in [0.2, 0.25) is 0 Å². The van der Waals surface area contributed by atoms with Crippen LogP contribution in [0.3, 0.4) is 0 Å². The summed E-state index contributed by atoms with van der Waals surface area (Å²) in [5.41, 5.74) is 4.55. The number of aryl methyl sites for hydroxylation is 1. The molecule has 5 rings (SSSR count). The Morgan fingerprint density at radius 2 is 1.56 bits per heavy atom. The zero-order valence-electron chi connectivity index (χ0n) is 18.0. The van der Waals surface area contributed by atoms with Gasteiger partial charge in [0.2, 0.25) is 0 Å². The molecule has 1 heterocycles. The van der Waals surface area contributed by atoms with Crippen molar-refractivity contribution in [3.8, 4) is 22.8 Å². The molecule has 1 aromatic heterocycles. The summed E-state index contributed by atoms with van der Waals surface area (Å²) in [6.45, 7) is 2.09. The highest BCUT2D eigenvalue weighted by Gasteiger charge is 2.17. The van der Waals surface area contributed by atoms with Crippen molar-refractivity contribution in [2.75, 3.05) is 7.11 Å². The van der Waals surface area contributed by atoms with Crippen LogP contribution in [-0.4, -0.2) is 21.9 Å². The van der Waals surface area contributed by atoms with Gasteiger partial charge in [-0.3, -0.25) is 4.57 Å². The second-order valence-electron chi connectivity index (χ2n) is 7.63. The molecule has 5 aromatic rings. The molecule has 4 nitrogen and oxygen atoms in total. The number of fused-ring (bicyclic) bond motifs is 1. The van der Waals surface area contributed by atoms with Crippen LogP contribution in [0.15, 0.2) is 96.2 Å². The topological polar surface area (TPSA) is 39.9 Å². The Kier molecular flexibility index (Phi) is 5.65. The van der Waals surface area contributed by atoms with Crippen LogP contribution in [-0.2, 0) is 5.75 Å². The van der Waals surface area contributed by atoms with Crippen LogP contribution in [0.1, 0.15) is 11.1 Å². The van der Waals surface area contributed by atoms with Gasteiger partial charge in [-0.05, 0) is 47.5 Å². The molecular weight excluding hydrogens is 414 g/mol. The van der Waals surface area contributed by atoms with Crippen molar-refractivity contribution in [1.82, 2.24) is 14.8 Å². The number of thioether (sulfide) groups is 1. The number of benzene rings is 4. The summed E-state index contributed by atoms with van der Waals surface area (Å²) in [5, 5.41) is 12.5. The minimum absolute atomic E-state index is 0.809. The second kappa shape index (κ2) is 8.89. The SMILES string of the molecule is COc1ccc(-n2c(SCc3cccc4ccccc34)nnc2-c2ccc(C)cc2)cc1. The predicted molar refractivity (Wildman–Crippen MR) is 132 cm³/mol. The van der Waals surface area contributed by atoms with Crippen LogP contribution < -0.4 is 4.74 Å². The maximum absolute atomic E-state index is 5.35. The lowest BCUT2D eigenvalue weighted by Crippen LogP contribution is -2.00. The second-order valence-corrected chi connectivity index (χ2v) is 8.58. The van der Waals surface area contributed by atoms with Crippen molar-refractivity contribution in [2.24, 2.45) is 0 Å². The largest absolute Gasteiger partial charge is 0.497 e. The van der Waals surface area contributed by atoms with Gasteiger partial charge in [-0.2, -0.15) is 0 Å². The molecule has 5 heteroatoms. The monoisotopic (exact) mass is 437 g/mol. The molecule has 0 bridgehead atoms. The number of aromatic nitrogens is 3. The van der Waals surface area contributed by atoms with Crippen molar-refractivity contribution in [1.29, 1.82) is 0 Å². The molecule has 0 N–H and O–H groups in total. The molecule has 0 unspecified atom stereocenters. The quantitative estimate of drug-likeness (QED) is 0.277. The van der Waals surface area contributed by atoms with E-state index in [0.29, 0.717) is 0 Å². The normalized spacial score (nSPS) is 11.1. The fourth-order valence-corrected chi connectivity index (χ4v) is 4.73. The minimum Gasteiger partial charge on any atom is -0.497 e. The highest BCUT2D eigenvalue weighted by molar-refractivity contribution is 7.98. The first-order valence-electron chi connectivity index (χ1n) is 10.5. The molecule has 158 valence electrons. The van der Waals surface area contributed by atoms with Crippen molar-refractivity contribution in [2.45, 2.75) is 17.8 Å². The Morgan fingerprint density at radius 3 is 2.34 bits per heavy atom. The van der Waals surface area contributed by atoms with Crippen molar-refractivity contribution in [3.05, 3.63) is 102 Å².